The van der Waals surface area contributed by atoms with Crippen LogP contribution in [0.5, 0.6) is 5.75 Å². The second-order valence-corrected chi connectivity index (χ2v) is 5.67. The highest BCUT2D eigenvalue weighted by atomic mass is 16.5. The van der Waals surface area contributed by atoms with Crippen molar-refractivity contribution in [2.45, 2.75) is 0 Å². The molecule has 1 N–H and O–H groups in total. The SMILES string of the molecule is O=C(Nc1ccccc1-c1ccccc1)N1CCOc2cccnc21. The second-order valence-electron chi connectivity index (χ2n) is 5.67. The number of aromatic nitrogens is 1. The van der Waals surface area contributed by atoms with E-state index in [0.29, 0.717) is 24.7 Å². The Bertz CT molecular complexity index is 896. The summed E-state index contributed by atoms with van der Waals surface area (Å²) in [4.78, 5) is 18.7. The minimum Gasteiger partial charge on any atom is -0.488 e. The third-order valence-electron chi connectivity index (χ3n) is 4.08. The highest BCUT2D eigenvalue weighted by Gasteiger charge is 2.25. The van der Waals surface area contributed by atoms with Crippen molar-refractivity contribution in [3.8, 4) is 16.9 Å². The summed E-state index contributed by atoms with van der Waals surface area (Å²) in [6, 6.07) is 21.2. The minimum absolute atomic E-state index is 0.216. The molecule has 0 bridgehead atoms. The number of nitrogens with one attached hydrogen (secondary N) is 1. The number of urea groups is 1. The molecule has 0 saturated carbocycles. The van der Waals surface area contributed by atoms with Crippen molar-refractivity contribution >= 4 is 17.5 Å². The molecule has 1 aromatic heterocycles. The molecular weight excluding hydrogens is 314 g/mol. The summed E-state index contributed by atoms with van der Waals surface area (Å²) in [7, 11) is 0. The van der Waals surface area contributed by atoms with E-state index in [1.54, 1.807) is 17.2 Å². The third kappa shape index (κ3) is 3.04. The second kappa shape index (κ2) is 6.65. The number of carbonyl (C=O) groups is 1. The number of hydrogen-bond acceptors (Lipinski definition) is 3. The molecule has 0 radical (unpaired) electrons. The molecule has 0 atom stereocenters. The van der Waals surface area contributed by atoms with E-state index in [1.807, 2.05) is 60.7 Å². The van der Waals surface area contributed by atoms with Gasteiger partial charge in [0, 0.05) is 11.8 Å². The number of hydrogen-bond donors (Lipinski definition) is 1. The lowest BCUT2D eigenvalue weighted by Crippen LogP contribution is -2.41. The highest BCUT2D eigenvalue weighted by molar-refractivity contribution is 6.04. The minimum atomic E-state index is -0.216. The molecule has 0 fully saturated rings. The summed E-state index contributed by atoms with van der Waals surface area (Å²) in [5, 5.41) is 3.01. The van der Waals surface area contributed by atoms with Gasteiger partial charge >= 0.3 is 6.03 Å². The topological polar surface area (TPSA) is 54.5 Å². The molecule has 1 aliphatic rings. The molecule has 0 saturated heterocycles. The van der Waals surface area contributed by atoms with Gasteiger partial charge in [0.1, 0.15) is 6.61 Å². The van der Waals surface area contributed by atoms with Crippen molar-refractivity contribution in [2.75, 3.05) is 23.4 Å². The quantitative estimate of drug-likeness (QED) is 0.766. The highest BCUT2D eigenvalue weighted by Crippen LogP contribution is 2.31. The average Bonchev–Trinajstić information content (AvgIpc) is 2.68. The Hall–Kier alpha value is -3.34. The summed E-state index contributed by atoms with van der Waals surface area (Å²) in [5.41, 5.74) is 2.80. The van der Waals surface area contributed by atoms with Crippen LogP contribution in [-0.2, 0) is 0 Å². The Kier molecular flexibility index (Phi) is 4.04. The number of fused-ring (bicyclic) bond motifs is 1. The maximum absolute atomic E-state index is 12.8. The normalized spacial score (nSPS) is 12.9. The molecule has 0 aliphatic carbocycles. The Balaban J connectivity index is 1.63. The first-order valence-electron chi connectivity index (χ1n) is 8.14. The number of anilines is 2. The molecule has 0 spiro atoms. The lowest BCUT2D eigenvalue weighted by Gasteiger charge is -2.28. The predicted octanol–water partition coefficient (Wildman–Crippen LogP) is 4.18. The Morgan fingerprint density at radius 2 is 1.80 bits per heavy atom. The first-order chi connectivity index (χ1) is 12.3. The van der Waals surface area contributed by atoms with Crippen molar-refractivity contribution in [2.24, 2.45) is 0 Å². The fraction of sp³-hybridized carbons (Fsp3) is 0.100. The standard InChI is InChI=1S/C20H17N3O2/c24-20(23-13-14-25-18-11-6-12-21-19(18)23)22-17-10-5-4-9-16(17)15-7-2-1-3-8-15/h1-12H,13-14H2,(H,22,24). The predicted molar refractivity (Wildman–Crippen MR) is 98.0 cm³/mol. The van der Waals surface area contributed by atoms with Crippen LogP contribution >= 0.6 is 0 Å². The zero-order chi connectivity index (χ0) is 17.1. The molecule has 124 valence electrons. The first kappa shape index (κ1) is 15.2. The summed E-state index contributed by atoms with van der Waals surface area (Å²) in [6.07, 6.45) is 1.66. The number of benzene rings is 2. The van der Waals surface area contributed by atoms with Gasteiger partial charge in [-0.15, -0.1) is 0 Å². The van der Waals surface area contributed by atoms with Gasteiger partial charge in [-0.1, -0.05) is 48.5 Å². The van der Waals surface area contributed by atoms with Crippen molar-refractivity contribution in [3.63, 3.8) is 0 Å². The van der Waals surface area contributed by atoms with Gasteiger partial charge in [-0.2, -0.15) is 0 Å². The molecule has 2 heterocycles. The van der Waals surface area contributed by atoms with Gasteiger partial charge < -0.3 is 10.1 Å². The summed E-state index contributed by atoms with van der Waals surface area (Å²) < 4.78 is 5.56. The van der Waals surface area contributed by atoms with Gasteiger partial charge in [-0.25, -0.2) is 9.78 Å². The van der Waals surface area contributed by atoms with Crippen LogP contribution in [0, 0.1) is 0 Å². The molecule has 5 heteroatoms. The van der Waals surface area contributed by atoms with E-state index in [9.17, 15) is 4.79 Å². The fourth-order valence-corrected chi connectivity index (χ4v) is 2.89. The van der Waals surface area contributed by atoms with E-state index >= 15 is 0 Å². The molecule has 1 aliphatic heterocycles. The van der Waals surface area contributed by atoms with Crippen LogP contribution < -0.4 is 15.0 Å². The summed E-state index contributed by atoms with van der Waals surface area (Å²) >= 11 is 0. The first-order valence-corrected chi connectivity index (χ1v) is 8.14. The summed E-state index contributed by atoms with van der Waals surface area (Å²) in [5.74, 6) is 1.17. The van der Waals surface area contributed by atoms with Gasteiger partial charge in [0.15, 0.2) is 11.6 Å². The molecule has 25 heavy (non-hydrogen) atoms. The van der Waals surface area contributed by atoms with Crippen LogP contribution in [0.1, 0.15) is 0 Å². The van der Waals surface area contributed by atoms with E-state index in [0.717, 1.165) is 16.8 Å². The summed E-state index contributed by atoms with van der Waals surface area (Å²) in [6.45, 7) is 0.912. The van der Waals surface area contributed by atoms with Crippen molar-refractivity contribution in [3.05, 3.63) is 72.9 Å². The van der Waals surface area contributed by atoms with Crippen LogP contribution in [-0.4, -0.2) is 24.2 Å². The number of rotatable bonds is 2. The fourth-order valence-electron chi connectivity index (χ4n) is 2.89. The Labute approximate surface area is 145 Å². The molecule has 4 rings (SSSR count). The van der Waals surface area contributed by atoms with Gasteiger partial charge in [0.05, 0.1) is 12.2 Å². The van der Waals surface area contributed by atoms with Gasteiger partial charge in [-0.05, 0) is 23.8 Å². The molecule has 5 nitrogen and oxygen atoms in total. The van der Waals surface area contributed by atoms with Crippen LogP contribution in [0.25, 0.3) is 11.1 Å². The Morgan fingerprint density at radius 1 is 1.00 bits per heavy atom. The van der Waals surface area contributed by atoms with E-state index in [4.69, 9.17) is 4.74 Å². The van der Waals surface area contributed by atoms with Gasteiger partial charge in [0.25, 0.3) is 0 Å². The van der Waals surface area contributed by atoms with Crippen LogP contribution in [0.3, 0.4) is 0 Å². The number of nitrogens with zero attached hydrogens (tertiary/aromatic N) is 2. The van der Waals surface area contributed by atoms with Crippen molar-refractivity contribution in [1.82, 2.24) is 4.98 Å². The lowest BCUT2D eigenvalue weighted by atomic mass is 10.0. The molecule has 3 aromatic rings. The number of amides is 2. The number of carbonyl (C=O) groups excluding carboxylic acids is 1. The van der Waals surface area contributed by atoms with Crippen LogP contribution in [0.2, 0.25) is 0 Å². The zero-order valence-electron chi connectivity index (χ0n) is 13.6. The van der Waals surface area contributed by atoms with Crippen LogP contribution in [0.15, 0.2) is 72.9 Å². The monoisotopic (exact) mass is 331 g/mol. The van der Waals surface area contributed by atoms with E-state index in [1.165, 1.54) is 0 Å². The van der Waals surface area contributed by atoms with Gasteiger partial charge in [0.2, 0.25) is 0 Å². The smallest absolute Gasteiger partial charge is 0.327 e. The number of pyridine rings is 1. The lowest BCUT2D eigenvalue weighted by molar-refractivity contribution is 0.249. The zero-order valence-corrected chi connectivity index (χ0v) is 13.6. The number of ether oxygens (including phenoxy) is 1. The van der Waals surface area contributed by atoms with E-state index < -0.39 is 0 Å². The van der Waals surface area contributed by atoms with Gasteiger partial charge in [-0.3, -0.25) is 4.90 Å². The van der Waals surface area contributed by atoms with E-state index in [-0.39, 0.29) is 6.03 Å². The molecule has 2 amide bonds. The maximum Gasteiger partial charge on any atom is 0.327 e. The maximum atomic E-state index is 12.8. The van der Waals surface area contributed by atoms with Crippen molar-refractivity contribution in [1.29, 1.82) is 0 Å². The van der Waals surface area contributed by atoms with E-state index in [2.05, 4.69) is 10.3 Å². The van der Waals surface area contributed by atoms with Crippen molar-refractivity contribution < 1.29 is 9.53 Å². The molecule has 0 unspecified atom stereocenters. The third-order valence-corrected chi connectivity index (χ3v) is 4.08. The largest absolute Gasteiger partial charge is 0.488 e. The molecular formula is C20H17N3O2. The Morgan fingerprint density at radius 3 is 2.68 bits per heavy atom. The molecule has 2 aromatic carbocycles. The van der Waals surface area contributed by atoms with Crippen LogP contribution in [0.4, 0.5) is 16.3 Å². The number of para-hydroxylation sites is 1. The average molecular weight is 331 g/mol.